The Morgan fingerprint density at radius 1 is 1.44 bits per heavy atom. The third kappa shape index (κ3) is 0.710. The Kier molecular flexibility index (Phi) is 0.963. The maximum absolute atomic E-state index is 6.06. The fourth-order valence-electron chi connectivity index (χ4n) is 2.65. The molecule has 0 spiro atoms. The van der Waals surface area contributed by atoms with Crippen molar-refractivity contribution < 1.29 is 0 Å². The molecule has 0 aromatic heterocycles. The van der Waals surface area contributed by atoms with Gasteiger partial charge in [0, 0.05) is 5.54 Å². The van der Waals surface area contributed by atoms with Gasteiger partial charge in [-0.15, -0.1) is 0 Å². The minimum atomic E-state index is 0.211. The van der Waals surface area contributed by atoms with Crippen LogP contribution in [0.4, 0.5) is 0 Å². The average Bonchev–Trinajstić information content (AvgIpc) is 2.19. The quantitative estimate of drug-likeness (QED) is 0.522. The summed E-state index contributed by atoms with van der Waals surface area (Å²) in [6.45, 7) is 2.22. The lowest BCUT2D eigenvalue weighted by Gasteiger charge is -2.29. The smallest absolute Gasteiger partial charge is 0.0157 e. The summed E-state index contributed by atoms with van der Waals surface area (Å²) < 4.78 is 0. The number of fused-ring (bicyclic) bond motifs is 2. The number of hydrogen-bond donors (Lipinski definition) is 1. The molecule has 52 valence electrons. The molecule has 0 aromatic rings. The summed E-state index contributed by atoms with van der Waals surface area (Å²) in [5.41, 5.74) is 6.27. The second kappa shape index (κ2) is 1.51. The molecule has 2 rings (SSSR count). The molecule has 3 atom stereocenters. The van der Waals surface area contributed by atoms with Crippen LogP contribution in [0.3, 0.4) is 0 Å². The zero-order valence-electron chi connectivity index (χ0n) is 6.06. The fraction of sp³-hybridized carbons (Fsp3) is 1.00. The van der Waals surface area contributed by atoms with E-state index in [1.807, 2.05) is 0 Å². The van der Waals surface area contributed by atoms with Crippen LogP contribution < -0.4 is 5.73 Å². The van der Waals surface area contributed by atoms with Crippen LogP contribution >= 0.6 is 0 Å². The first kappa shape index (κ1) is 5.72. The van der Waals surface area contributed by atoms with Crippen molar-refractivity contribution in [1.29, 1.82) is 0 Å². The SMILES string of the molecule is CC1(N)C[C@H]2CC[C@H]1C2. The first-order chi connectivity index (χ1) is 4.18. The molecule has 0 aliphatic heterocycles. The summed E-state index contributed by atoms with van der Waals surface area (Å²) in [5.74, 6) is 1.85. The van der Waals surface area contributed by atoms with E-state index in [0.717, 1.165) is 11.8 Å². The van der Waals surface area contributed by atoms with E-state index in [0.29, 0.717) is 0 Å². The predicted octanol–water partition coefficient (Wildman–Crippen LogP) is 1.52. The van der Waals surface area contributed by atoms with Gasteiger partial charge in [0.25, 0.3) is 0 Å². The molecule has 2 aliphatic rings. The van der Waals surface area contributed by atoms with Gasteiger partial charge < -0.3 is 5.73 Å². The Labute approximate surface area is 56.6 Å². The van der Waals surface area contributed by atoms with Gasteiger partial charge in [-0.3, -0.25) is 0 Å². The van der Waals surface area contributed by atoms with Gasteiger partial charge in [-0.25, -0.2) is 0 Å². The summed E-state index contributed by atoms with van der Waals surface area (Å²) in [6.07, 6.45) is 5.57. The van der Waals surface area contributed by atoms with E-state index in [9.17, 15) is 0 Å². The van der Waals surface area contributed by atoms with Crippen molar-refractivity contribution in [3.8, 4) is 0 Å². The Balaban J connectivity index is 2.18. The Bertz CT molecular complexity index is 129. The molecule has 2 fully saturated rings. The summed E-state index contributed by atoms with van der Waals surface area (Å²) in [5, 5.41) is 0. The number of nitrogens with two attached hydrogens (primary N) is 1. The molecule has 1 unspecified atom stereocenters. The molecule has 0 saturated heterocycles. The van der Waals surface area contributed by atoms with Crippen molar-refractivity contribution >= 4 is 0 Å². The Morgan fingerprint density at radius 2 is 2.22 bits per heavy atom. The lowest BCUT2D eigenvalue weighted by molar-refractivity contribution is 0.297. The van der Waals surface area contributed by atoms with Crippen LogP contribution in [0.2, 0.25) is 0 Å². The molecular formula is C8H15N. The van der Waals surface area contributed by atoms with Gasteiger partial charge in [0.15, 0.2) is 0 Å². The van der Waals surface area contributed by atoms with E-state index in [2.05, 4.69) is 6.92 Å². The molecule has 0 radical (unpaired) electrons. The second-order valence-electron chi connectivity index (χ2n) is 4.09. The number of hydrogen-bond acceptors (Lipinski definition) is 1. The van der Waals surface area contributed by atoms with E-state index < -0.39 is 0 Å². The van der Waals surface area contributed by atoms with E-state index in [4.69, 9.17) is 5.73 Å². The number of rotatable bonds is 0. The van der Waals surface area contributed by atoms with Gasteiger partial charge in [-0.1, -0.05) is 6.42 Å². The molecule has 0 heterocycles. The van der Waals surface area contributed by atoms with E-state index in [1.165, 1.54) is 25.7 Å². The maximum Gasteiger partial charge on any atom is 0.0157 e. The lowest BCUT2D eigenvalue weighted by atomic mass is 9.84. The monoisotopic (exact) mass is 125 g/mol. The predicted molar refractivity (Wildman–Crippen MR) is 38.0 cm³/mol. The third-order valence-corrected chi connectivity index (χ3v) is 3.20. The zero-order chi connectivity index (χ0) is 6.48. The van der Waals surface area contributed by atoms with Crippen molar-refractivity contribution in [3.63, 3.8) is 0 Å². The molecule has 2 aliphatic carbocycles. The molecule has 0 amide bonds. The van der Waals surface area contributed by atoms with E-state index >= 15 is 0 Å². The molecule has 2 N–H and O–H groups in total. The fourth-order valence-corrected chi connectivity index (χ4v) is 2.65. The van der Waals surface area contributed by atoms with Gasteiger partial charge in [0.2, 0.25) is 0 Å². The Morgan fingerprint density at radius 3 is 2.44 bits per heavy atom. The van der Waals surface area contributed by atoms with Crippen LogP contribution in [-0.4, -0.2) is 5.54 Å². The summed E-state index contributed by atoms with van der Waals surface area (Å²) >= 11 is 0. The lowest BCUT2D eigenvalue weighted by Crippen LogP contribution is -2.41. The standard InChI is InChI=1S/C8H15N/c1-8(9)5-6-2-3-7(8)4-6/h6-7H,2-5,9H2,1H3/t6-,7-,8?/m0/s1. The largest absolute Gasteiger partial charge is 0.325 e. The normalized spacial score (nSPS) is 56.7. The van der Waals surface area contributed by atoms with Gasteiger partial charge in [-0.2, -0.15) is 0 Å². The van der Waals surface area contributed by atoms with Gasteiger partial charge >= 0.3 is 0 Å². The average molecular weight is 125 g/mol. The molecule has 2 bridgehead atoms. The molecule has 1 heteroatoms. The highest BCUT2D eigenvalue weighted by atomic mass is 14.8. The summed E-state index contributed by atoms with van der Waals surface area (Å²) in [4.78, 5) is 0. The van der Waals surface area contributed by atoms with Crippen molar-refractivity contribution in [2.24, 2.45) is 17.6 Å². The van der Waals surface area contributed by atoms with Gasteiger partial charge in [0.05, 0.1) is 0 Å². The first-order valence-corrected chi connectivity index (χ1v) is 3.97. The zero-order valence-corrected chi connectivity index (χ0v) is 6.06. The van der Waals surface area contributed by atoms with Crippen molar-refractivity contribution in [3.05, 3.63) is 0 Å². The molecule has 2 saturated carbocycles. The highest BCUT2D eigenvalue weighted by Gasteiger charge is 2.45. The van der Waals surface area contributed by atoms with Crippen LogP contribution in [0.1, 0.15) is 32.6 Å². The minimum absolute atomic E-state index is 0.211. The van der Waals surface area contributed by atoms with Gasteiger partial charge in [-0.05, 0) is 38.0 Å². The third-order valence-electron chi connectivity index (χ3n) is 3.20. The van der Waals surface area contributed by atoms with Crippen LogP contribution in [-0.2, 0) is 0 Å². The van der Waals surface area contributed by atoms with Crippen LogP contribution in [0, 0.1) is 11.8 Å². The molecule has 9 heavy (non-hydrogen) atoms. The van der Waals surface area contributed by atoms with Crippen molar-refractivity contribution in [1.82, 2.24) is 0 Å². The topological polar surface area (TPSA) is 26.0 Å². The highest BCUT2D eigenvalue weighted by Crippen LogP contribution is 2.49. The van der Waals surface area contributed by atoms with Gasteiger partial charge in [0.1, 0.15) is 0 Å². The van der Waals surface area contributed by atoms with Crippen LogP contribution in [0.5, 0.6) is 0 Å². The molecule has 1 nitrogen and oxygen atoms in total. The Hall–Kier alpha value is -0.0400. The highest BCUT2D eigenvalue weighted by molar-refractivity contribution is 5.01. The van der Waals surface area contributed by atoms with Crippen LogP contribution in [0.25, 0.3) is 0 Å². The minimum Gasteiger partial charge on any atom is -0.325 e. The van der Waals surface area contributed by atoms with Crippen LogP contribution in [0.15, 0.2) is 0 Å². The summed E-state index contributed by atoms with van der Waals surface area (Å²) in [7, 11) is 0. The molecular weight excluding hydrogens is 110 g/mol. The van der Waals surface area contributed by atoms with Crippen molar-refractivity contribution in [2.75, 3.05) is 0 Å². The molecule has 0 aromatic carbocycles. The maximum atomic E-state index is 6.06. The van der Waals surface area contributed by atoms with E-state index in [-0.39, 0.29) is 5.54 Å². The summed E-state index contributed by atoms with van der Waals surface area (Å²) in [6, 6.07) is 0. The first-order valence-electron chi connectivity index (χ1n) is 3.97. The van der Waals surface area contributed by atoms with E-state index in [1.54, 1.807) is 0 Å². The van der Waals surface area contributed by atoms with Crippen molar-refractivity contribution in [2.45, 2.75) is 38.1 Å². The second-order valence-corrected chi connectivity index (χ2v) is 4.09.